The number of carbonyl (C=O) groups is 2. The highest BCUT2D eigenvalue weighted by molar-refractivity contribution is 5.86. The highest BCUT2D eigenvalue weighted by Gasteiger charge is 2.35. The predicted octanol–water partition coefficient (Wildman–Crippen LogP) is 2.88. The van der Waals surface area contributed by atoms with Gasteiger partial charge in [-0.25, -0.2) is 0 Å². The van der Waals surface area contributed by atoms with Gasteiger partial charge in [0, 0.05) is 19.0 Å². The second kappa shape index (κ2) is 7.25. The van der Waals surface area contributed by atoms with E-state index in [9.17, 15) is 9.59 Å². The van der Waals surface area contributed by atoms with Gasteiger partial charge in [-0.3, -0.25) is 14.6 Å². The van der Waals surface area contributed by atoms with Crippen molar-refractivity contribution in [3.05, 3.63) is 66.0 Å². The van der Waals surface area contributed by atoms with Crippen molar-refractivity contribution in [3.8, 4) is 0 Å². The van der Waals surface area contributed by atoms with E-state index in [1.54, 1.807) is 11.1 Å². The summed E-state index contributed by atoms with van der Waals surface area (Å²) in [4.78, 5) is 30.4. The Labute approximate surface area is 141 Å². The molecular weight excluding hydrogens is 304 g/mol. The van der Waals surface area contributed by atoms with Crippen molar-refractivity contribution in [1.29, 1.82) is 0 Å². The molecule has 1 aromatic heterocycles. The van der Waals surface area contributed by atoms with E-state index < -0.39 is 6.10 Å². The highest BCUT2D eigenvalue weighted by atomic mass is 16.6. The van der Waals surface area contributed by atoms with Crippen LogP contribution in [0.25, 0.3) is 0 Å². The maximum absolute atomic E-state index is 12.9. The Morgan fingerprint density at radius 2 is 2.00 bits per heavy atom. The molecule has 0 radical (unpaired) electrons. The van der Waals surface area contributed by atoms with E-state index in [-0.39, 0.29) is 17.9 Å². The number of ether oxygens (including phenoxy) is 1. The lowest BCUT2D eigenvalue weighted by atomic mass is 10.1. The maximum atomic E-state index is 12.9. The van der Waals surface area contributed by atoms with E-state index in [0.717, 1.165) is 11.3 Å². The number of pyridine rings is 1. The second-order valence-electron chi connectivity index (χ2n) is 5.89. The molecule has 1 fully saturated rings. The van der Waals surface area contributed by atoms with Crippen LogP contribution in [0.5, 0.6) is 0 Å². The Morgan fingerprint density at radius 1 is 1.25 bits per heavy atom. The van der Waals surface area contributed by atoms with Crippen molar-refractivity contribution in [3.63, 3.8) is 0 Å². The maximum Gasteiger partial charge on any atom is 0.306 e. The van der Waals surface area contributed by atoms with Gasteiger partial charge in [-0.1, -0.05) is 36.4 Å². The van der Waals surface area contributed by atoms with Gasteiger partial charge in [0.05, 0.1) is 18.3 Å². The molecule has 1 amide bonds. The Bertz CT molecular complexity index is 703. The average Bonchev–Trinajstić information content (AvgIpc) is 3.06. The van der Waals surface area contributed by atoms with E-state index in [1.165, 1.54) is 0 Å². The zero-order valence-corrected chi connectivity index (χ0v) is 13.6. The number of hydrogen-bond acceptors (Lipinski definition) is 4. The summed E-state index contributed by atoms with van der Waals surface area (Å²) >= 11 is 0. The van der Waals surface area contributed by atoms with Gasteiger partial charge in [0.15, 0.2) is 6.10 Å². The molecule has 2 aromatic rings. The summed E-state index contributed by atoms with van der Waals surface area (Å²) in [6.45, 7) is 2.36. The van der Waals surface area contributed by atoms with Crippen molar-refractivity contribution in [2.45, 2.75) is 38.5 Å². The Balaban J connectivity index is 1.85. The van der Waals surface area contributed by atoms with Gasteiger partial charge < -0.3 is 9.64 Å². The first-order valence-electron chi connectivity index (χ1n) is 8.10. The number of benzene rings is 1. The van der Waals surface area contributed by atoms with Crippen molar-refractivity contribution in [2.75, 3.05) is 0 Å². The fraction of sp³-hybridized carbons (Fsp3) is 0.316. The molecule has 0 spiro atoms. The van der Waals surface area contributed by atoms with Crippen LogP contribution < -0.4 is 0 Å². The molecule has 1 aliphatic rings. The van der Waals surface area contributed by atoms with Gasteiger partial charge in [-0.2, -0.15) is 0 Å². The third-order valence-corrected chi connectivity index (χ3v) is 4.25. The minimum Gasteiger partial charge on any atom is -0.452 e. The van der Waals surface area contributed by atoms with Crippen molar-refractivity contribution >= 4 is 11.9 Å². The third kappa shape index (κ3) is 3.62. The summed E-state index contributed by atoms with van der Waals surface area (Å²) in [6.07, 6.45) is 1.76. The molecule has 24 heavy (non-hydrogen) atoms. The predicted molar refractivity (Wildman–Crippen MR) is 88.8 cm³/mol. The van der Waals surface area contributed by atoms with Crippen LogP contribution in [0.4, 0.5) is 0 Å². The molecule has 0 N–H and O–H groups in total. The summed E-state index contributed by atoms with van der Waals surface area (Å²) in [5.41, 5.74) is 1.84. The molecule has 5 heteroatoms. The fourth-order valence-corrected chi connectivity index (χ4v) is 2.87. The van der Waals surface area contributed by atoms with Gasteiger partial charge in [-0.05, 0) is 24.6 Å². The number of esters is 1. The Hall–Kier alpha value is -2.69. The Kier molecular flexibility index (Phi) is 4.89. The summed E-state index contributed by atoms with van der Waals surface area (Å²) < 4.78 is 5.18. The first-order valence-corrected chi connectivity index (χ1v) is 8.10. The normalized spacial score (nSPS) is 18.0. The number of aromatic nitrogens is 1. The third-order valence-electron chi connectivity index (χ3n) is 4.25. The minimum atomic E-state index is -0.688. The summed E-state index contributed by atoms with van der Waals surface area (Å²) in [5.74, 6) is -0.471. The molecule has 1 aromatic carbocycles. The monoisotopic (exact) mass is 324 g/mol. The molecule has 0 bridgehead atoms. The fourth-order valence-electron chi connectivity index (χ4n) is 2.87. The molecule has 1 aliphatic heterocycles. The zero-order chi connectivity index (χ0) is 16.9. The molecular formula is C19H20N2O3. The number of hydrogen-bond donors (Lipinski definition) is 0. The molecule has 0 unspecified atom stereocenters. The lowest BCUT2D eigenvalue weighted by molar-refractivity contribution is -0.154. The standard InChI is InChI=1S/C19H20N2O3/c1-14(15-7-3-2-4-8-15)21(13-16-9-5-6-12-20-16)19(23)17-10-11-18(22)24-17/h2-9,12,14,17H,10-11,13H2,1H3/t14-,17+/m0/s1. The van der Waals surface area contributed by atoms with Crippen LogP contribution in [0, 0.1) is 0 Å². The smallest absolute Gasteiger partial charge is 0.306 e. The molecule has 5 nitrogen and oxygen atoms in total. The number of amides is 1. The van der Waals surface area contributed by atoms with E-state index >= 15 is 0 Å². The van der Waals surface area contributed by atoms with Crippen LogP contribution in [0.15, 0.2) is 54.7 Å². The van der Waals surface area contributed by atoms with Crippen LogP contribution >= 0.6 is 0 Å². The van der Waals surface area contributed by atoms with Crippen LogP contribution in [-0.2, 0) is 20.9 Å². The van der Waals surface area contributed by atoms with Crippen LogP contribution in [-0.4, -0.2) is 27.9 Å². The van der Waals surface area contributed by atoms with Crippen LogP contribution in [0.3, 0.4) is 0 Å². The zero-order valence-electron chi connectivity index (χ0n) is 13.6. The molecule has 0 saturated carbocycles. The number of rotatable bonds is 5. The highest BCUT2D eigenvalue weighted by Crippen LogP contribution is 2.26. The van der Waals surface area contributed by atoms with Gasteiger partial charge in [-0.15, -0.1) is 0 Å². The number of cyclic esters (lactones) is 1. The molecule has 124 valence electrons. The van der Waals surface area contributed by atoms with E-state index in [0.29, 0.717) is 19.4 Å². The van der Waals surface area contributed by atoms with Crippen LogP contribution in [0.1, 0.15) is 37.1 Å². The molecule has 3 rings (SSSR count). The lowest BCUT2D eigenvalue weighted by Gasteiger charge is -2.31. The summed E-state index contributed by atoms with van der Waals surface area (Å²) in [5, 5.41) is 0. The molecule has 2 atom stereocenters. The number of nitrogens with zero attached hydrogens (tertiary/aromatic N) is 2. The van der Waals surface area contributed by atoms with E-state index in [4.69, 9.17) is 4.74 Å². The van der Waals surface area contributed by atoms with Crippen molar-refractivity contribution in [2.24, 2.45) is 0 Å². The van der Waals surface area contributed by atoms with Gasteiger partial charge >= 0.3 is 5.97 Å². The first-order chi connectivity index (χ1) is 11.6. The van der Waals surface area contributed by atoms with Crippen molar-refractivity contribution < 1.29 is 14.3 Å². The topological polar surface area (TPSA) is 59.5 Å². The second-order valence-corrected chi connectivity index (χ2v) is 5.89. The summed E-state index contributed by atoms with van der Waals surface area (Å²) in [7, 11) is 0. The van der Waals surface area contributed by atoms with Crippen LogP contribution in [0.2, 0.25) is 0 Å². The molecule has 2 heterocycles. The first kappa shape index (κ1) is 16.2. The van der Waals surface area contributed by atoms with E-state index in [2.05, 4.69) is 4.98 Å². The van der Waals surface area contributed by atoms with Gasteiger partial charge in [0.1, 0.15) is 0 Å². The minimum absolute atomic E-state index is 0.139. The average molecular weight is 324 g/mol. The SMILES string of the molecule is C[C@@H](c1ccccc1)N(Cc1ccccn1)C(=O)[C@H]1CCC(=O)O1. The van der Waals surface area contributed by atoms with Gasteiger partial charge in [0.25, 0.3) is 5.91 Å². The lowest BCUT2D eigenvalue weighted by Crippen LogP contribution is -2.40. The molecule has 0 aliphatic carbocycles. The molecule has 1 saturated heterocycles. The Morgan fingerprint density at radius 3 is 2.62 bits per heavy atom. The summed E-state index contributed by atoms with van der Waals surface area (Å²) in [6, 6.07) is 15.3. The van der Waals surface area contributed by atoms with Gasteiger partial charge in [0.2, 0.25) is 0 Å². The largest absolute Gasteiger partial charge is 0.452 e. The number of carbonyl (C=O) groups excluding carboxylic acids is 2. The van der Waals surface area contributed by atoms with Crippen molar-refractivity contribution in [1.82, 2.24) is 9.88 Å². The quantitative estimate of drug-likeness (QED) is 0.794. The van der Waals surface area contributed by atoms with E-state index in [1.807, 2.05) is 55.5 Å².